The first-order chi connectivity index (χ1) is 8.61. The van der Waals surface area contributed by atoms with Crippen molar-refractivity contribution in [3.05, 3.63) is 52.4 Å². The average molecular weight is 244 g/mol. The van der Waals surface area contributed by atoms with E-state index in [0.717, 1.165) is 35.1 Å². The molecule has 18 heavy (non-hydrogen) atoms. The molecular formula is C15H16O3. The van der Waals surface area contributed by atoms with Crippen LogP contribution in [0.2, 0.25) is 0 Å². The Bertz CT molecular complexity index is 638. The van der Waals surface area contributed by atoms with Crippen molar-refractivity contribution in [3.63, 3.8) is 0 Å². The summed E-state index contributed by atoms with van der Waals surface area (Å²) in [4.78, 5) is 11.3. The summed E-state index contributed by atoms with van der Waals surface area (Å²) in [6.45, 7) is 5.87. The number of hydrogen-bond acceptors (Lipinski definition) is 3. The Morgan fingerprint density at radius 1 is 1.33 bits per heavy atom. The third-order valence-corrected chi connectivity index (χ3v) is 2.87. The largest absolute Gasteiger partial charge is 0.496 e. The summed E-state index contributed by atoms with van der Waals surface area (Å²) in [6, 6.07) is 6.99. The molecule has 0 amide bonds. The number of allylic oxidation sites excluding steroid dienone is 1. The molecule has 0 fully saturated rings. The van der Waals surface area contributed by atoms with Gasteiger partial charge >= 0.3 is 5.63 Å². The number of hydrogen-bond donors (Lipinski definition) is 0. The van der Waals surface area contributed by atoms with Crippen molar-refractivity contribution >= 4 is 11.0 Å². The molecule has 1 heterocycles. The lowest BCUT2D eigenvalue weighted by atomic mass is 10.0. The summed E-state index contributed by atoms with van der Waals surface area (Å²) < 4.78 is 10.6. The highest BCUT2D eigenvalue weighted by Gasteiger charge is 2.10. The molecule has 0 bridgehead atoms. The predicted octanol–water partition coefficient (Wildman–Crippen LogP) is 3.31. The van der Waals surface area contributed by atoms with Gasteiger partial charge in [0.2, 0.25) is 0 Å². The van der Waals surface area contributed by atoms with Gasteiger partial charge in [-0.2, -0.15) is 0 Å². The summed E-state index contributed by atoms with van der Waals surface area (Å²) in [5.41, 5.74) is 2.29. The maximum atomic E-state index is 11.3. The second kappa shape index (κ2) is 5.08. The molecule has 0 unspecified atom stereocenters. The van der Waals surface area contributed by atoms with E-state index >= 15 is 0 Å². The smallest absolute Gasteiger partial charge is 0.336 e. The van der Waals surface area contributed by atoms with E-state index in [4.69, 9.17) is 9.15 Å². The molecule has 0 radical (unpaired) electrons. The van der Waals surface area contributed by atoms with Crippen molar-refractivity contribution in [3.8, 4) is 5.75 Å². The highest BCUT2D eigenvalue weighted by Crippen LogP contribution is 2.28. The van der Waals surface area contributed by atoms with E-state index < -0.39 is 0 Å². The Hall–Kier alpha value is -2.03. The molecule has 0 atom stereocenters. The number of benzene rings is 1. The van der Waals surface area contributed by atoms with Crippen LogP contribution in [0.25, 0.3) is 11.0 Å². The third-order valence-electron chi connectivity index (χ3n) is 2.87. The molecule has 1 aromatic heterocycles. The molecule has 0 aliphatic rings. The van der Waals surface area contributed by atoms with E-state index in [1.54, 1.807) is 13.2 Å². The van der Waals surface area contributed by atoms with Gasteiger partial charge in [-0.05, 0) is 38.0 Å². The molecule has 2 aromatic rings. The Labute approximate surface area is 106 Å². The molecular weight excluding hydrogens is 228 g/mol. The quantitative estimate of drug-likeness (QED) is 0.612. The molecule has 0 aliphatic carbocycles. The van der Waals surface area contributed by atoms with Crippen LogP contribution < -0.4 is 10.4 Å². The molecule has 0 spiro atoms. The topological polar surface area (TPSA) is 39.4 Å². The van der Waals surface area contributed by atoms with E-state index in [0.29, 0.717) is 5.58 Å². The van der Waals surface area contributed by atoms with Crippen molar-refractivity contribution in [2.24, 2.45) is 0 Å². The third kappa shape index (κ3) is 2.45. The zero-order valence-electron chi connectivity index (χ0n) is 10.7. The first-order valence-electron chi connectivity index (χ1n) is 5.86. The van der Waals surface area contributed by atoms with Crippen LogP contribution >= 0.6 is 0 Å². The van der Waals surface area contributed by atoms with Crippen molar-refractivity contribution in [2.75, 3.05) is 7.11 Å². The van der Waals surface area contributed by atoms with Crippen molar-refractivity contribution in [1.29, 1.82) is 0 Å². The highest BCUT2D eigenvalue weighted by atomic mass is 16.5. The minimum Gasteiger partial charge on any atom is -0.496 e. The van der Waals surface area contributed by atoms with Crippen LogP contribution in [0.5, 0.6) is 5.75 Å². The van der Waals surface area contributed by atoms with Crippen LogP contribution in [0.15, 0.2) is 45.6 Å². The molecule has 3 nitrogen and oxygen atoms in total. The van der Waals surface area contributed by atoms with Crippen LogP contribution in [-0.4, -0.2) is 7.11 Å². The van der Waals surface area contributed by atoms with Crippen molar-refractivity contribution in [1.82, 2.24) is 0 Å². The van der Waals surface area contributed by atoms with E-state index in [1.807, 2.05) is 19.1 Å². The molecule has 0 saturated carbocycles. The fourth-order valence-electron chi connectivity index (χ4n) is 1.94. The monoisotopic (exact) mass is 244 g/mol. The van der Waals surface area contributed by atoms with Crippen molar-refractivity contribution in [2.45, 2.75) is 19.8 Å². The summed E-state index contributed by atoms with van der Waals surface area (Å²) in [5.74, 6) is 0.748. The number of aryl methyl sites for hydroxylation is 1. The number of methoxy groups -OCH3 is 1. The van der Waals surface area contributed by atoms with E-state index in [1.165, 1.54) is 6.07 Å². The molecule has 94 valence electrons. The zero-order chi connectivity index (χ0) is 13.1. The van der Waals surface area contributed by atoms with Gasteiger partial charge in [0.05, 0.1) is 7.11 Å². The summed E-state index contributed by atoms with van der Waals surface area (Å²) in [5, 5.41) is 0.909. The number of fused-ring (bicyclic) bond motifs is 1. The Kier molecular flexibility index (Phi) is 3.51. The fourth-order valence-corrected chi connectivity index (χ4v) is 1.94. The predicted molar refractivity (Wildman–Crippen MR) is 72.2 cm³/mol. The van der Waals surface area contributed by atoms with E-state index in [2.05, 4.69) is 6.58 Å². The molecule has 0 N–H and O–H groups in total. The minimum atomic E-state index is -0.340. The molecule has 2 rings (SSSR count). The summed E-state index contributed by atoms with van der Waals surface area (Å²) in [6.07, 6.45) is 1.59. The van der Waals surface area contributed by atoms with Gasteiger partial charge in [-0.15, -0.1) is 6.58 Å². The molecule has 0 saturated heterocycles. The lowest BCUT2D eigenvalue weighted by molar-refractivity contribution is 0.408. The highest BCUT2D eigenvalue weighted by molar-refractivity contribution is 5.82. The van der Waals surface area contributed by atoms with Gasteiger partial charge in [0.15, 0.2) is 0 Å². The van der Waals surface area contributed by atoms with Crippen LogP contribution in [-0.2, 0) is 6.42 Å². The molecule has 1 aromatic carbocycles. The Morgan fingerprint density at radius 2 is 2.06 bits per heavy atom. The van der Waals surface area contributed by atoms with Crippen LogP contribution in [0.1, 0.15) is 18.9 Å². The van der Waals surface area contributed by atoms with Gasteiger partial charge in [-0.3, -0.25) is 0 Å². The van der Waals surface area contributed by atoms with Gasteiger partial charge in [-0.1, -0.05) is 5.57 Å². The van der Waals surface area contributed by atoms with Gasteiger partial charge in [0, 0.05) is 17.0 Å². The fraction of sp³-hybridized carbons (Fsp3) is 0.267. The lowest BCUT2D eigenvalue weighted by Crippen LogP contribution is -1.99. The maximum Gasteiger partial charge on any atom is 0.336 e. The second-order valence-corrected chi connectivity index (χ2v) is 4.38. The first-order valence-corrected chi connectivity index (χ1v) is 5.86. The zero-order valence-corrected chi connectivity index (χ0v) is 10.7. The van der Waals surface area contributed by atoms with Gasteiger partial charge in [-0.25, -0.2) is 4.79 Å². The Balaban J connectivity index is 2.60. The molecule has 0 aliphatic heterocycles. The number of ether oxygens (including phenoxy) is 1. The first kappa shape index (κ1) is 12.4. The summed E-state index contributed by atoms with van der Waals surface area (Å²) in [7, 11) is 1.62. The molecule has 3 heteroatoms. The normalized spacial score (nSPS) is 10.6. The van der Waals surface area contributed by atoms with Gasteiger partial charge in [0.1, 0.15) is 11.3 Å². The standard InChI is InChI=1S/C15H16O3/c1-10(2)4-7-12-13(17-3)8-5-11-6-9-14(16)18-15(11)12/h5-6,8-9H,1,4,7H2,2-3H3. The minimum absolute atomic E-state index is 0.340. The van der Waals surface area contributed by atoms with E-state index in [9.17, 15) is 4.79 Å². The number of rotatable bonds is 4. The van der Waals surface area contributed by atoms with Crippen LogP contribution in [0.3, 0.4) is 0 Å². The van der Waals surface area contributed by atoms with E-state index in [-0.39, 0.29) is 5.63 Å². The van der Waals surface area contributed by atoms with Crippen LogP contribution in [0, 0.1) is 0 Å². The Morgan fingerprint density at radius 3 is 2.72 bits per heavy atom. The average Bonchev–Trinajstić information content (AvgIpc) is 2.35. The van der Waals surface area contributed by atoms with Gasteiger partial charge < -0.3 is 9.15 Å². The maximum absolute atomic E-state index is 11.3. The van der Waals surface area contributed by atoms with Gasteiger partial charge in [0.25, 0.3) is 0 Å². The second-order valence-electron chi connectivity index (χ2n) is 4.38. The SMILES string of the molecule is C=C(C)CCc1c(OC)ccc2ccc(=O)oc12. The van der Waals surface area contributed by atoms with Crippen LogP contribution in [0.4, 0.5) is 0 Å². The van der Waals surface area contributed by atoms with Crippen molar-refractivity contribution < 1.29 is 9.15 Å². The summed E-state index contributed by atoms with van der Waals surface area (Å²) >= 11 is 0. The lowest BCUT2D eigenvalue weighted by Gasteiger charge is -2.10.